The molecule has 0 saturated heterocycles. The lowest BCUT2D eigenvalue weighted by Crippen LogP contribution is -2.81. The van der Waals surface area contributed by atoms with E-state index < -0.39 is 5.66 Å². The van der Waals surface area contributed by atoms with Crippen LogP contribution in [0, 0.1) is 0 Å². The molecule has 2 aliphatic heterocycles. The van der Waals surface area contributed by atoms with Crippen molar-refractivity contribution in [2.75, 3.05) is 0 Å². The maximum Gasteiger partial charge on any atom is 0.416 e. The second-order valence-electron chi connectivity index (χ2n) is 15.9. The minimum absolute atomic E-state index is 0.196. The molecule has 4 heterocycles. The molecule has 0 bridgehead atoms. The van der Waals surface area contributed by atoms with Crippen LogP contribution >= 0.6 is 0 Å². The van der Waals surface area contributed by atoms with E-state index in [4.69, 9.17) is 0 Å². The fourth-order valence-corrected chi connectivity index (χ4v) is 12.5. The first-order valence-corrected chi connectivity index (χ1v) is 18.5. The largest absolute Gasteiger partial charge is 0.416 e. The molecule has 5 aromatic carbocycles. The summed E-state index contributed by atoms with van der Waals surface area (Å²) in [6.45, 7) is 0. The normalized spacial score (nSPS) is 23.2. The van der Waals surface area contributed by atoms with Crippen molar-refractivity contribution in [3.8, 4) is 0 Å². The molecule has 2 nitrogen and oxygen atoms in total. The molecule has 7 aromatic rings. The summed E-state index contributed by atoms with van der Waals surface area (Å²) in [6, 6.07) is 45.4. The van der Waals surface area contributed by atoms with E-state index in [1.807, 2.05) is 0 Å². The van der Waals surface area contributed by atoms with E-state index in [2.05, 4.69) is 137 Å². The Kier molecular flexibility index (Phi) is 4.18. The molecular formula is C48H32N2+2. The average molecular weight is 637 g/mol. The van der Waals surface area contributed by atoms with Crippen molar-refractivity contribution in [2.24, 2.45) is 0 Å². The van der Waals surface area contributed by atoms with Gasteiger partial charge in [-0.1, -0.05) is 91.0 Å². The van der Waals surface area contributed by atoms with Crippen LogP contribution in [0.1, 0.15) is 124 Å². The first-order chi connectivity index (χ1) is 24.8. The quantitative estimate of drug-likeness (QED) is 0.151. The number of fused-ring (bicyclic) bond motifs is 6. The summed E-state index contributed by atoms with van der Waals surface area (Å²) >= 11 is 0. The molecule has 0 amide bonds. The maximum absolute atomic E-state index is 2.81. The topological polar surface area (TPSA) is 7.76 Å². The number of pyridine rings is 2. The lowest BCUT2D eigenvalue weighted by molar-refractivity contribution is -0.980. The van der Waals surface area contributed by atoms with Crippen molar-refractivity contribution in [1.82, 2.24) is 0 Å². The standard InChI is InChI=1S/C48H32N2/c1-3-15-34-27(10-1)22-32-25-33-24-29-12-5-11-28-23-31-14-8-20-50-47(31)43(38(28)29)40(33)45-39(32)41(34)36-17-6-18-37-42-35-16-4-2-9-26(35)21-30-13-7-19-49(46(30)42)48(45,50)44(36)37/h1-20,25,41-43H,21-24H2/q+2. The maximum atomic E-state index is 2.81. The Hall–Kier alpha value is -5.60. The molecule has 0 fully saturated rings. The van der Waals surface area contributed by atoms with E-state index in [1.165, 1.54) is 78.1 Å². The van der Waals surface area contributed by atoms with Crippen LogP contribution in [0.3, 0.4) is 0 Å². The molecule has 1 spiro atoms. The van der Waals surface area contributed by atoms with E-state index in [0.717, 1.165) is 25.7 Å². The molecule has 2 aromatic heterocycles. The van der Waals surface area contributed by atoms with E-state index in [0.29, 0.717) is 0 Å². The van der Waals surface area contributed by atoms with Gasteiger partial charge in [0.05, 0.1) is 11.8 Å². The van der Waals surface area contributed by atoms with Crippen LogP contribution in [-0.2, 0) is 31.3 Å². The van der Waals surface area contributed by atoms with Gasteiger partial charge < -0.3 is 0 Å². The molecule has 232 valence electrons. The summed E-state index contributed by atoms with van der Waals surface area (Å²) in [6.07, 6.45) is 8.91. The van der Waals surface area contributed by atoms with Crippen molar-refractivity contribution < 1.29 is 9.13 Å². The van der Waals surface area contributed by atoms with Gasteiger partial charge in [-0.25, -0.2) is 0 Å². The van der Waals surface area contributed by atoms with Crippen LogP contribution in [0.5, 0.6) is 0 Å². The predicted molar refractivity (Wildman–Crippen MR) is 191 cm³/mol. The van der Waals surface area contributed by atoms with Crippen LogP contribution in [0.25, 0.3) is 0 Å². The lowest BCUT2D eigenvalue weighted by atomic mass is 9.55. The van der Waals surface area contributed by atoms with Crippen LogP contribution < -0.4 is 9.13 Å². The first-order valence-electron chi connectivity index (χ1n) is 18.5. The third-order valence-electron chi connectivity index (χ3n) is 13.9. The van der Waals surface area contributed by atoms with E-state index in [9.17, 15) is 0 Å². The van der Waals surface area contributed by atoms with Crippen LogP contribution in [0.2, 0.25) is 0 Å². The molecule has 4 unspecified atom stereocenters. The molecule has 50 heavy (non-hydrogen) atoms. The number of hydrogen-bond donors (Lipinski definition) is 0. The van der Waals surface area contributed by atoms with Gasteiger partial charge in [0.1, 0.15) is 11.1 Å². The molecule has 2 heteroatoms. The van der Waals surface area contributed by atoms with E-state index in [-0.39, 0.29) is 17.8 Å². The van der Waals surface area contributed by atoms with Crippen LogP contribution in [-0.4, -0.2) is 0 Å². The summed E-state index contributed by atoms with van der Waals surface area (Å²) in [7, 11) is 0. The van der Waals surface area contributed by atoms with Gasteiger partial charge in [-0.15, -0.1) is 9.13 Å². The van der Waals surface area contributed by atoms with Gasteiger partial charge in [0.2, 0.25) is 11.4 Å². The second-order valence-corrected chi connectivity index (χ2v) is 15.9. The van der Waals surface area contributed by atoms with Gasteiger partial charge in [0.15, 0.2) is 12.4 Å². The van der Waals surface area contributed by atoms with Gasteiger partial charge in [-0.2, -0.15) is 0 Å². The SMILES string of the molecule is c1ccc2c(c1)Cc1cc3c4c5c1C2c1cccc2c1C5([n+]1cccc5c1C2c1ccccc1C5)[n+]1cccc2c1C4c1c(cccc1C2)C3. The molecule has 7 aliphatic rings. The van der Waals surface area contributed by atoms with Gasteiger partial charge in [0, 0.05) is 42.0 Å². The second kappa shape index (κ2) is 8.22. The van der Waals surface area contributed by atoms with Crippen molar-refractivity contribution in [2.45, 2.75) is 49.1 Å². The zero-order valence-electron chi connectivity index (χ0n) is 27.6. The van der Waals surface area contributed by atoms with Gasteiger partial charge in [0.25, 0.3) is 0 Å². The minimum atomic E-state index is -0.510. The molecular weight excluding hydrogens is 605 g/mol. The summed E-state index contributed by atoms with van der Waals surface area (Å²) in [4.78, 5) is 0. The minimum Gasteiger partial charge on any atom is -0.129 e. The highest BCUT2D eigenvalue weighted by molar-refractivity contribution is 5.75. The zero-order valence-corrected chi connectivity index (χ0v) is 27.6. The zero-order chi connectivity index (χ0) is 32.0. The summed E-state index contributed by atoms with van der Waals surface area (Å²) in [5.74, 6) is 0.667. The summed E-state index contributed by atoms with van der Waals surface area (Å²) < 4.78 is 5.61. The molecule has 0 radical (unpaired) electrons. The van der Waals surface area contributed by atoms with Crippen molar-refractivity contribution in [3.63, 3.8) is 0 Å². The predicted octanol–water partition coefficient (Wildman–Crippen LogP) is 7.66. The van der Waals surface area contributed by atoms with Crippen molar-refractivity contribution in [3.05, 3.63) is 234 Å². The van der Waals surface area contributed by atoms with Crippen molar-refractivity contribution >= 4 is 0 Å². The fourth-order valence-electron chi connectivity index (χ4n) is 12.5. The molecule has 0 saturated carbocycles. The highest BCUT2D eigenvalue weighted by Gasteiger charge is 2.71. The Labute approximate surface area is 291 Å². The Balaban J connectivity index is 1.25. The number of nitrogens with zero attached hydrogens (tertiary/aromatic N) is 2. The number of hydrogen-bond acceptors (Lipinski definition) is 0. The van der Waals surface area contributed by atoms with Gasteiger partial charge in [-0.05, 0) is 97.3 Å². The van der Waals surface area contributed by atoms with Crippen LogP contribution in [0.4, 0.5) is 0 Å². The highest BCUT2D eigenvalue weighted by atomic mass is 15.3. The van der Waals surface area contributed by atoms with Crippen molar-refractivity contribution in [1.29, 1.82) is 0 Å². The Morgan fingerprint density at radius 3 is 1.58 bits per heavy atom. The lowest BCUT2D eigenvalue weighted by Gasteiger charge is -2.50. The summed E-state index contributed by atoms with van der Waals surface area (Å²) in [5, 5.41) is 0. The number of rotatable bonds is 0. The molecule has 14 rings (SSSR count). The van der Waals surface area contributed by atoms with Crippen LogP contribution in [0.15, 0.2) is 128 Å². The third-order valence-corrected chi connectivity index (χ3v) is 13.9. The fraction of sp³-hybridized carbons (Fsp3) is 0.167. The molecule has 4 atom stereocenters. The Morgan fingerprint density at radius 1 is 0.380 bits per heavy atom. The summed E-state index contributed by atoms with van der Waals surface area (Å²) in [5.41, 5.74) is 28.4. The first kappa shape index (κ1) is 25.4. The number of benzene rings is 5. The van der Waals surface area contributed by atoms with Gasteiger partial charge >= 0.3 is 5.66 Å². The Bertz CT molecular complexity index is 2780. The third kappa shape index (κ3) is 2.56. The monoisotopic (exact) mass is 636 g/mol. The average Bonchev–Trinajstić information content (AvgIpc) is 3.16. The number of aromatic nitrogens is 2. The van der Waals surface area contributed by atoms with E-state index in [1.54, 1.807) is 27.8 Å². The van der Waals surface area contributed by atoms with Gasteiger partial charge in [-0.3, -0.25) is 0 Å². The highest BCUT2D eigenvalue weighted by Crippen LogP contribution is 2.62. The smallest absolute Gasteiger partial charge is 0.129 e. The van der Waals surface area contributed by atoms with E-state index >= 15 is 0 Å². The molecule has 0 N–H and O–H groups in total. The Morgan fingerprint density at radius 2 is 0.860 bits per heavy atom. The molecule has 5 aliphatic carbocycles.